The topological polar surface area (TPSA) is 30.2 Å². The van der Waals surface area contributed by atoms with Gasteiger partial charge in [0.2, 0.25) is 0 Å². The fourth-order valence-corrected chi connectivity index (χ4v) is 1.95. The zero-order valence-corrected chi connectivity index (χ0v) is 10.6. The summed E-state index contributed by atoms with van der Waals surface area (Å²) in [5.41, 5.74) is 3.42. The van der Waals surface area contributed by atoms with E-state index in [1.807, 2.05) is 52.0 Å². The molecule has 0 saturated heterocycles. The third kappa shape index (κ3) is 1.91. The molecular weight excluding hydrogens is 212 g/mol. The van der Waals surface area contributed by atoms with Crippen LogP contribution in [0.25, 0.3) is 22.1 Å². The van der Waals surface area contributed by atoms with Crippen LogP contribution in [-0.4, -0.2) is 0 Å². The van der Waals surface area contributed by atoms with Gasteiger partial charge >= 0.3 is 0 Å². The molecule has 0 aliphatic rings. The molecule has 1 aromatic carbocycles. The first-order valence-electron chi connectivity index (χ1n) is 5.69. The molecule has 0 saturated carbocycles. The molecular formula is C15H16O2. The van der Waals surface area contributed by atoms with Crippen LogP contribution >= 0.6 is 0 Å². The van der Waals surface area contributed by atoms with Crippen molar-refractivity contribution in [3.8, 4) is 0 Å². The van der Waals surface area contributed by atoms with Crippen LogP contribution in [0, 0.1) is 0 Å². The third-order valence-corrected chi connectivity index (χ3v) is 2.75. The summed E-state index contributed by atoms with van der Waals surface area (Å²) in [7, 11) is 0. The fourth-order valence-electron chi connectivity index (χ4n) is 1.95. The lowest BCUT2D eigenvalue weighted by atomic mass is 10.1. The van der Waals surface area contributed by atoms with Gasteiger partial charge in [-0.25, -0.2) is 0 Å². The lowest BCUT2D eigenvalue weighted by Gasteiger charge is -2.00. The highest BCUT2D eigenvalue weighted by Crippen LogP contribution is 2.05. The largest absolute Gasteiger partial charge is 0.456 e. The van der Waals surface area contributed by atoms with Gasteiger partial charge in [0.1, 0.15) is 11.0 Å². The maximum absolute atomic E-state index is 12.4. The average Bonchev–Trinajstić information content (AvgIpc) is 2.28. The molecule has 0 aliphatic carbocycles. The second kappa shape index (κ2) is 4.21. The van der Waals surface area contributed by atoms with Gasteiger partial charge in [0, 0.05) is 0 Å². The minimum absolute atomic E-state index is 0.0584. The normalized spacial score (nSPS) is 10.6. The lowest BCUT2D eigenvalue weighted by Crippen LogP contribution is -2.40. The highest BCUT2D eigenvalue weighted by molar-refractivity contribution is 5.76. The van der Waals surface area contributed by atoms with Crippen LogP contribution in [0.3, 0.4) is 0 Å². The second-order valence-corrected chi connectivity index (χ2v) is 4.63. The summed E-state index contributed by atoms with van der Waals surface area (Å²) in [5, 5.41) is 1.34. The standard InChI is InChI=1S/C15H16O2/c1-9(2)13-14(16)11-7-5-6-8-12(11)17-15(13)10(3)4/h5-8H,1-4H3. The van der Waals surface area contributed by atoms with Crippen molar-refractivity contribution in [2.24, 2.45) is 0 Å². The molecule has 17 heavy (non-hydrogen) atoms. The fraction of sp³-hybridized carbons (Fsp3) is 0.267. The molecule has 0 atom stereocenters. The summed E-state index contributed by atoms with van der Waals surface area (Å²) in [6.07, 6.45) is 0. The van der Waals surface area contributed by atoms with Gasteiger partial charge in [0.25, 0.3) is 0 Å². The summed E-state index contributed by atoms with van der Waals surface area (Å²) >= 11 is 0. The summed E-state index contributed by atoms with van der Waals surface area (Å²) in [6, 6.07) is 7.37. The third-order valence-electron chi connectivity index (χ3n) is 2.75. The number of benzene rings is 1. The summed E-state index contributed by atoms with van der Waals surface area (Å²) in [6.45, 7) is 7.79. The van der Waals surface area contributed by atoms with Crippen LogP contribution in [0.2, 0.25) is 0 Å². The molecule has 0 fully saturated rings. The first-order chi connectivity index (χ1) is 8.02. The monoisotopic (exact) mass is 228 g/mol. The Hall–Kier alpha value is -1.83. The van der Waals surface area contributed by atoms with Crippen LogP contribution < -0.4 is 16.1 Å². The van der Waals surface area contributed by atoms with E-state index in [2.05, 4.69) is 0 Å². The molecule has 0 N–H and O–H groups in total. The molecule has 0 spiro atoms. The van der Waals surface area contributed by atoms with Gasteiger partial charge in [-0.1, -0.05) is 17.7 Å². The van der Waals surface area contributed by atoms with Crippen molar-refractivity contribution >= 4 is 22.1 Å². The highest BCUT2D eigenvalue weighted by Gasteiger charge is 2.05. The molecule has 2 rings (SSSR count). The molecule has 2 aromatic rings. The van der Waals surface area contributed by atoms with Crippen LogP contribution in [0.1, 0.15) is 27.7 Å². The first kappa shape index (κ1) is 11.6. The Morgan fingerprint density at radius 2 is 1.65 bits per heavy atom. The molecule has 0 aliphatic heterocycles. The highest BCUT2D eigenvalue weighted by atomic mass is 16.3. The van der Waals surface area contributed by atoms with Crippen LogP contribution in [-0.2, 0) is 0 Å². The van der Waals surface area contributed by atoms with Gasteiger partial charge in [-0.2, -0.15) is 0 Å². The molecule has 0 amide bonds. The Morgan fingerprint density at radius 1 is 1.00 bits per heavy atom. The van der Waals surface area contributed by atoms with Gasteiger partial charge in [-0.15, -0.1) is 0 Å². The molecule has 0 radical (unpaired) electrons. The van der Waals surface area contributed by atoms with E-state index >= 15 is 0 Å². The van der Waals surface area contributed by atoms with Gasteiger partial charge in [-0.3, -0.25) is 4.79 Å². The second-order valence-electron chi connectivity index (χ2n) is 4.63. The van der Waals surface area contributed by atoms with Crippen molar-refractivity contribution in [2.45, 2.75) is 27.7 Å². The Morgan fingerprint density at radius 3 is 2.24 bits per heavy atom. The van der Waals surface area contributed by atoms with Crippen LogP contribution in [0.4, 0.5) is 0 Å². The lowest BCUT2D eigenvalue weighted by molar-refractivity contribution is 0.554. The van der Waals surface area contributed by atoms with E-state index in [9.17, 15) is 4.79 Å². The molecule has 0 bridgehead atoms. The van der Waals surface area contributed by atoms with E-state index in [1.54, 1.807) is 0 Å². The van der Waals surface area contributed by atoms with E-state index in [0.29, 0.717) is 21.6 Å². The minimum Gasteiger partial charge on any atom is -0.456 e. The van der Waals surface area contributed by atoms with Crippen molar-refractivity contribution in [2.75, 3.05) is 0 Å². The van der Waals surface area contributed by atoms with Crippen LogP contribution in [0.5, 0.6) is 0 Å². The summed E-state index contributed by atoms with van der Waals surface area (Å²) in [5.74, 6) is 0. The molecule has 0 unspecified atom stereocenters. The zero-order chi connectivity index (χ0) is 12.6. The Labute approximate surface area is 99.9 Å². The summed E-state index contributed by atoms with van der Waals surface area (Å²) < 4.78 is 5.84. The maximum Gasteiger partial charge on any atom is 0.200 e. The van der Waals surface area contributed by atoms with E-state index in [1.165, 1.54) is 0 Å². The number of fused-ring (bicyclic) bond motifs is 1. The number of hydrogen-bond donors (Lipinski definition) is 0. The van der Waals surface area contributed by atoms with Gasteiger partial charge in [0.15, 0.2) is 5.43 Å². The zero-order valence-electron chi connectivity index (χ0n) is 10.6. The Bertz CT molecular complexity index is 741. The maximum atomic E-state index is 12.4. The minimum atomic E-state index is 0.0584. The van der Waals surface area contributed by atoms with Crippen molar-refractivity contribution in [1.29, 1.82) is 0 Å². The number of rotatable bonds is 0. The molecule has 2 nitrogen and oxygen atoms in total. The number of para-hydroxylation sites is 1. The van der Waals surface area contributed by atoms with E-state index in [0.717, 1.165) is 11.1 Å². The molecule has 1 heterocycles. The Kier molecular flexibility index (Phi) is 2.88. The van der Waals surface area contributed by atoms with Crippen molar-refractivity contribution in [3.63, 3.8) is 0 Å². The van der Waals surface area contributed by atoms with Gasteiger partial charge in [-0.05, 0) is 45.4 Å². The van der Waals surface area contributed by atoms with E-state index in [4.69, 9.17) is 4.42 Å². The molecule has 88 valence electrons. The molecule has 2 heteroatoms. The van der Waals surface area contributed by atoms with Crippen molar-refractivity contribution in [3.05, 3.63) is 45.1 Å². The first-order valence-corrected chi connectivity index (χ1v) is 5.69. The van der Waals surface area contributed by atoms with E-state index < -0.39 is 0 Å². The quantitative estimate of drug-likeness (QED) is 0.691. The van der Waals surface area contributed by atoms with E-state index in [-0.39, 0.29) is 5.43 Å². The predicted octanol–water partition coefficient (Wildman–Crippen LogP) is 2.17. The van der Waals surface area contributed by atoms with Gasteiger partial charge < -0.3 is 4.42 Å². The summed E-state index contributed by atoms with van der Waals surface area (Å²) in [4.78, 5) is 12.4. The SMILES string of the molecule is CC(C)=c1oc2ccccc2c(=O)c1=C(C)C. The van der Waals surface area contributed by atoms with Gasteiger partial charge in [0.05, 0.1) is 10.6 Å². The number of hydrogen-bond acceptors (Lipinski definition) is 2. The van der Waals surface area contributed by atoms with Crippen molar-refractivity contribution in [1.82, 2.24) is 0 Å². The smallest absolute Gasteiger partial charge is 0.200 e. The van der Waals surface area contributed by atoms with Crippen LogP contribution in [0.15, 0.2) is 33.5 Å². The average molecular weight is 228 g/mol. The van der Waals surface area contributed by atoms with Crippen molar-refractivity contribution < 1.29 is 4.42 Å². The Balaban J connectivity index is 3.26. The predicted molar refractivity (Wildman–Crippen MR) is 71.2 cm³/mol. The molecule has 1 aromatic heterocycles.